The molecule has 0 aromatic carbocycles. The molecule has 0 saturated heterocycles. The van der Waals surface area contributed by atoms with Crippen LogP contribution in [-0.2, 0) is 4.57 Å². The summed E-state index contributed by atoms with van der Waals surface area (Å²) in [6.07, 6.45) is 1.82. The fourth-order valence-electron chi connectivity index (χ4n) is 0.446. The van der Waals surface area contributed by atoms with Gasteiger partial charge in [0.1, 0.15) is 0 Å². The number of aliphatic imine (C=N–C) groups is 1. The van der Waals surface area contributed by atoms with Crippen molar-refractivity contribution in [3.05, 3.63) is 0 Å². The van der Waals surface area contributed by atoms with Crippen molar-refractivity contribution in [2.24, 2.45) is 4.99 Å². The van der Waals surface area contributed by atoms with Gasteiger partial charge in [-0.2, -0.15) is 10.5 Å². The molecule has 0 radical (unpaired) electrons. The molecule has 0 saturated carbocycles. The van der Waals surface area contributed by atoms with E-state index in [0.29, 0.717) is 0 Å². The highest BCUT2D eigenvalue weighted by Crippen LogP contribution is 2.16. The average Bonchev–Trinajstić information content (AvgIpc) is 2.04. The average molecular weight is 207 g/mol. The first kappa shape index (κ1) is 11.3. The smallest absolute Gasteiger partial charge is 0.221 e. The molecule has 1 atom stereocenters. The van der Waals surface area contributed by atoms with Crippen LogP contribution in [0.4, 0.5) is 0 Å². The van der Waals surface area contributed by atoms with Crippen molar-refractivity contribution in [2.45, 2.75) is 0 Å². The number of guanidine groups is 1. The van der Waals surface area contributed by atoms with Crippen LogP contribution in [0.1, 0.15) is 0 Å². The van der Waals surface area contributed by atoms with Gasteiger partial charge in [0.2, 0.25) is 13.1 Å². The molecule has 1 unspecified atom stereocenters. The number of nitriles is 1. The lowest BCUT2D eigenvalue weighted by atomic mass is 10.8. The number of hydrazine groups is 1. The van der Waals surface area contributed by atoms with Crippen LogP contribution < -0.4 is 10.6 Å². The second-order valence-corrected chi connectivity index (χ2v) is 3.84. The van der Waals surface area contributed by atoms with Crippen LogP contribution >= 0.6 is 19.4 Å². The van der Waals surface area contributed by atoms with Crippen LogP contribution in [0.3, 0.4) is 0 Å². The van der Waals surface area contributed by atoms with Gasteiger partial charge in [-0.25, -0.2) is 0 Å². The highest BCUT2D eigenvalue weighted by Gasteiger charge is 2.02. The van der Waals surface area contributed by atoms with Gasteiger partial charge in [0, 0.05) is 14.1 Å². The third-order valence-electron chi connectivity index (χ3n) is 0.961. The number of hydrogen-bond acceptors (Lipinski definition) is 3. The van der Waals surface area contributed by atoms with Crippen LogP contribution in [0.5, 0.6) is 0 Å². The fourth-order valence-corrected chi connectivity index (χ4v) is 0.833. The Balaban J connectivity index is 4.04. The molecule has 6 nitrogen and oxygen atoms in total. The summed E-state index contributed by atoms with van der Waals surface area (Å²) in [6, 6.07) is 0. The van der Waals surface area contributed by atoms with Gasteiger partial charge in [-0.1, -0.05) is 0 Å². The summed E-state index contributed by atoms with van der Waals surface area (Å²) in [5.74, 6) is 0.282. The lowest BCUT2D eigenvalue weighted by Gasteiger charge is -2.12. The number of nitrogens with one attached hydrogen (secondary N) is 2. The van der Waals surface area contributed by atoms with Crippen LogP contribution in [0.2, 0.25) is 0 Å². The predicted molar refractivity (Wildman–Crippen MR) is 51.0 cm³/mol. The molecular formula is C4H10N5OPS. The minimum absolute atomic E-state index is 0.282. The van der Waals surface area contributed by atoms with Crippen molar-refractivity contribution in [3.8, 4) is 6.19 Å². The second kappa shape index (κ2) is 5.89. The Kier molecular flexibility index (Phi) is 5.54. The molecule has 0 amide bonds. The Labute approximate surface area is 76.6 Å². The molecule has 0 aliphatic carbocycles. The van der Waals surface area contributed by atoms with E-state index in [0.717, 1.165) is 0 Å². The molecule has 0 aliphatic rings. The van der Waals surface area contributed by atoms with E-state index in [1.807, 2.05) is 6.19 Å². The first-order chi connectivity index (χ1) is 5.61. The lowest BCUT2D eigenvalue weighted by molar-refractivity contribution is 0.580. The lowest BCUT2D eigenvalue weighted by Crippen LogP contribution is -2.41. The zero-order valence-electron chi connectivity index (χ0n) is 6.70. The Hall–Kier alpha value is -0.700. The predicted octanol–water partition coefficient (Wildman–Crippen LogP) is -0.201. The van der Waals surface area contributed by atoms with Crippen molar-refractivity contribution < 1.29 is 4.57 Å². The van der Waals surface area contributed by atoms with E-state index in [2.05, 4.69) is 27.9 Å². The molecule has 0 aromatic rings. The standard InChI is InChI=1S/C4H10N5OPS/c1-6-4(9(2)3-5)7-8-11(10)12/h11H,1-2H3,(H,6,7)(H2,8,10,12). The summed E-state index contributed by atoms with van der Waals surface area (Å²) < 4.78 is 10.5. The Morgan fingerprint density at radius 1 is 1.83 bits per heavy atom. The highest BCUT2D eigenvalue weighted by molar-refractivity contribution is 8.39. The topological polar surface area (TPSA) is 80.5 Å². The minimum atomic E-state index is -2.11. The molecule has 2 N–H and O–H groups in total. The molecule has 0 spiro atoms. The van der Waals surface area contributed by atoms with Crippen LogP contribution in [0.25, 0.3) is 0 Å². The maximum atomic E-state index is 10.5. The summed E-state index contributed by atoms with van der Waals surface area (Å²) in [5.41, 5.74) is 2.48. The van der Waals surface area contributed by atoms with E-state index >= 15 is 0 Å². The van der Waals surface area contributed by atoms with Crippen LogP contribution in [0, 0.1) is 11.5 Å². The zero-order chi connectivity index (χ0) is 9.56. The molecule has 0 aliphatic heterocycles. The number of rotatable bonds is 2. The fraction of sp³-hybridized carbons (Fsp3) is 0.500. The Morgan fingerprint density at radius 2 is 2.42 bits per heavy atom. The monoisotopic (exact) mass is 207 g/mol. The van der Waals surface area contributed by atoms with E-state index in [9.17, 15) is 4.57 Å². The molecule has 0 rings (SSSR count). The molecule has 0 heterocycles. The minimum Gasteiger partial charge on any atom is -0.297 e. The highest BCUT2D eigenvalue weighted by atomic mass is 32.7. The van der Waals surface area contributed by atoms with Crippen LogP contribution in [-0.4, -0.2) is 25.0 Å². The normalized spacial score (nSPS) is 13.3. The quantitative estimate of drug-likeness (QED) is 0.111. The van der Waals surface area contributed by atoms with Gasteiger partial charge in [0.15, 0.2) is 6.19 Å². The third kappa shape index (κ3) is 4.23. The van der Waals surface area contributed by atoms with Gasteiger partial charge in [0.05, 0.1) is 0 Å². The van der Waals surface area contributed by atoms with E-state index in [-0.39, 0.29) is 5.96 Å². The largest absolute Gasteiger partial charge is 0.297 e. The van der Waals surface area contributed by atoms with Crippen LogP contribution in [0.15, 0.2) is 4.99 Å². The van der Waals surface area contributed by atoms with Gasteiger partial charge in [-0.3, -0.25) is 19.9 Å². The third-order valence-corrected chi connectivity index (χ3v) is 1.64. The first-order valence-electron chi connectivity index (χ1n) is 2.97. The second-order valence-electron chi connectivity index (χ2n) is 1.76. The van der Waals surface area contributed by atoms with Crippen molar-refractivity contribution in [3.63, 3.8) is 0 Å². The summed E-state index contributed by atoms with van der Waals surface area (Å²) >= 11 is 3.63. The summed E-state index contributed by atoms with van der Waals surface area (Å²) in [6.45, 7) is 0. The number of nitrogens with zero attached hydrogens (tertiary/aromatic N) is 3. The van der Waals surface area contributed by atoms with E-state index in [1.165, 1.54) is 19.0 Å². The summed E-state index contributed by atoms with van der Waals surface area (Å²) in [4.78, 5) is 4.91. The van der Waals surface area contributed by atoms with Gasteiger partial charge >= 0.3 is 0 Å². The maximum absolute atomic E-state index is 10.5. The Morgan fingerprint density at radius 3 is 2.75 bits per heavy atom. The van der Waals surface area contributed by atoms with E-state index < -0.39 is 7.15 Å². The van der Waals surface area contributed by atoms with Gasteiger partial charge < -0.3 is 0 Å². The SMILES string of the molecule is CN=C(NN[PH](=O)S)N(C)C#N. The molecule has 12 heavy (non-hydrogen) atoms. The molecule has 0 bridgehead atoms. The van der Waals surface area contributed by atoms with E-state index in [1.54, 1.807) is 0 Å². The summed E-state index contributed by atoms with van der Waals surface area (Å²) in [7, 11) is 0.914. The molecule has 68 valence electrons. The van der Waals surface area contributed by atoms with E-state index in [4.69, 9.17) is 5.26 Å². The zero-order valence-corrected chi connectivity index (χ0v) is 8.59. The van der Waals surface area contributed by atoms with Crippen molar-refractivity contribution in [1.82, 2.24) is 15.5 Å². The molecular weight excluding hydrogens is 197 g/mol. The first-order valence-corrected chi connectivity index (χ1v) is 5.66. The van der Waals surface area contributed by atoms with Crippen molar-refractivity contribution in [1.29, 1.82) is 5.26 Å². The molecule has 8 heteroatoms. The molecule has 0 aromatic heterocycles. The number of thiol groups is 1. The maximum Gasteiger partial charge on any atom is 0.221 e. The Bertz CT molecular complexity index is 236. The van der Waals surface area contributed by atoms with Crippen molar-refractivity contribution in [2.75, 3.05) is 14.1 Å². The van der Waals surface area contributed by atoms with Crippen molar-refractivity contribution >= 4 is 25.4 Å². The van der Waals surface area contributed by atoms with Gasteiger partial charge in [0.25, 0.3) is 0 Å². The van der Waals surface area contributed by atoms with Gasteiger partial charge in [-0.15, -0.1) is 12.2 Å². The summed E-state index contributed by atoms with van der Waals surface area (Å²) in [5, 5.41) is 10.8. The molecule has 0 fully saturated rings. The number of hydrogen-bond donors (Lipinski definition) is 3. The van der Waals surface area contributed by atoms with Gasteiger partial charge in [-0.05, 0) is 0 Å².